The highest BCUT2D eigenvalue weighted by Gasteiger charge is 2.13. The van der Waals surface area contributed by atoms with Gasteiger partial charge in [0.05, 0.1) is 5.70 Å². The Balaban J connectivity index is 2.43. The van der Waals surface area contributed by atoms with Crippen LogP contribution < -0.4 is 5.73 Å². The first-order valence-corrected chi connectivity index (χ1v) is 4.00. The van der Waals surface area contributed by atoms with Crippen LogP contribution in [0, 0.1) is 0 Å². The molecule has 1 aromatic rings. The lowest BCUT2D eigenvalue weighted by atomic mass is 9.94. The van der Waals surface area contributed by atoms with Crippen molar-refractivity contribution >= 4 is 0 Å². The molecule has 3 N–H and O–H groups in total. The minimum absolute atomic E-state index is 0.328. The molecule has 2 heteroatoms. The van der Waals surface area contributed by atoms with Crippen molar-refractivity contribution in [3.05, 3.63) is 46.8 Å². The van der Waals surface area contributed by atoms with Gasteiger partial charge in [-0.3, -0.25) is 0 Å². The van der Waals surface area contributed by atoms with Gasteiger partial charge in [0.2, 0.25) is 0 Å². The van der Waals surface area contributed by atoms with Crippen LogP contribution in [0.5, 0.6) is 0 Å². The number of benzene rings is 1. The normalized spacial score (nSPS) is 16.0. The van der Waals surface area contributed by atoms with Gasteiger partial charge in [0.1, 0.15) is 5.76 Å². The van der Waals surface area contributed by atoms with E-state index in [1.807, 2.05) is 18.2 Å². The minimum atomic E-state index is 0.328. The molecule has 2 rings (SSSR count). The lowest BCUT2D eigenvalue weighted by Gasteiger charge is -2.16. The molecule has 1 aliphatic carbocycles. The van der Waals surface area contributed by atoms with Crippen LogP contribution in [-0.4, -0.2) is 5.11 Å². The molecule has 0 unspecified atom stereocenters. The quantitative estimate of drug-likeness (QED) is 0.606. The average Bonchev–Trinajstić information content (AvgIpc) is 2.07. The monoisotopic (exact) mass is 161 g/mol. The zero-order valence-corrected chi connectivity index (χ0v) is 6.75. The molecule has 0 atom stereocenters. The number of fused-ring (bicyclic) bond motifs is 1. The Hall–Kier alpha value is -1.44. The van der Waals surface area contributed by atoms with E-state index in [2.05, 4.69) is 6.07 Å². The fourth-order valence-corrected chi connectivity index (χ4v) is 1.50. The Labute approximate surface area is 71.3 Å². The van der Waals surface area contributed by atoms with Gasteiger partial charge in [0.15, 0.2) is 0 Å². The third kappa shape index (κ3) is 1.05. The third-order valence-electron chi connectivity index (χ3n) is 2.23. The first kappa shape index (κ1) is 7.22. The molecule has 0 fully saturated rings. The van der Waals surface area contributed by atoms with Crippen molar-refractivity contribution in [1.82, 2.24) is 0 Å². The largest absolute Gasteiger partial charge is 0.510 e. The summed E-state index contributed by atoms with van der Waals surface area (Å²) in [6.07, 6.45) is 1.27. The molecule has 0 heterocycles. The van der Waals surface area contributed by atoms with Crippen molar-refractivity contribution in [2.45, 2.75) is 12.8 Å². The lowest BCUT2D eigenvalue weighted by molar-refractivity contribution is 0.384. The van der Waals surface area contributed by atoms with Crippen LogP contribution in [0.15, 0.2) is 35.7 Å². The Morgan fingerprint density at radius 1 is 1.08 bits per heavy atom. The van der Waals surface area contributed by atoms with E-state index in [1.54, 1.807) is 0 Å². The van der Waals surface area contributed by atoms with Crippen LogP contribution in [0.2, 0.25) is 0 Å². The minimum Gasteiger partial charge on any atom is -0.510 e. The number of hydrogen-bond donors (Lipinski definition) is 2. The Morgan fingerprint density at radius 3 is 2.33 bits per heavy atom. The van der Waals surface area contributed by atoms with Crippen molar-refractivity contribution in [2.75, 3.05) is 0 Å². The van der Waals surface area contributed by atoms with Crippen LogP contribution in [0.1, 0.15) is 11.1 Å². The van der Waals surface area contributed by atoms with Crippen LogP contribution in [0.4, 0.5) is 0 Å². The number of rotatable bonds is 0. The highest BCUT2D eigenvalue weighted by Crippen LogP contribution is 2.21. The molecular formula is C10H11NO. The van der Waals surface area contributed by atoms with Gasteiger partial charge in [-0.2, -0.15) is 0 Å². The van der Waals surface area contributed by atoms with Gasteiger partial charge in [-0.05, 0) is 11.1 Å². The molecule has 0 saturated heterocycles. The van der Waals surface area contributed by atoms with Crippen LogP contribution in [0.25, 0.3) is 0 Å². The van der Waals surface area contributed by atoms with E-state index in [4.69, 9.17) is 5.73 Å². The zero-order valence-electron chi connectivity index (χ0n) is 6.75. The predicted octanol–water partition coefficient (Wildman–Crippen LogP) is 1.51. The molecule has 0 spiro atoms. The van der Waals surface area contributed by atoms with Gasteiger partial charge >= 0.3 is 0 Å². The molecule has 1 aliphatic rings. The predicted molar refractivity (Wildman–Crippen MR) is 47.7 cm³/mol. The Morgan fingerprint density at radius 2 is 1.67 bits per heavy atom. The average molecular weight is 161 g/mol. The van der Waals surface area contributed by atoms with Gasteiger partial charge in [-0.1, -0.05) is 24.3 Å². The van der Waals surface area contributed by atoms with Crippen molar-refractivity contribution < 1.29 is 5.11 Å². The fraction of sp³-hybridized carbons (Fsp3) is 0.200. The highest BCUT2D eigenvalue weighted by atomic mass is 16.3. The van der Waals surface area contributed by atoms with Gasteiger partial charge in [0.25, 0.3) is 0 Å². The summed E-state index contributed by atoms with van der Waals surface area (Å²) >= 11 is 0. The van der Waals surface area contributed by atoms with E-state index in [-0.39, 0.29) is 0 Å². The first-order valence-electron chi connectivity index (χ1n) is 4.00. The summed E-state index contributed by atoms with van der Waals surface area (Å²) in [6.45, 7) is 0. The van der Waals surface area contributed by atoms with E-state index in [9.17, 15) is 5.11 Å². The fourth-order valence-electron chi connectivity index (χ4n) is 1.50. The summed E-state index contributed by atoms with van der Waals surface area (Å²) < 4.78 is 0. The molecule has 0 amide bonds. The van der Waals surface area contributed by atoms with E-state index >= 15 is 0 Å². The van der Waals surface area contributed by atoms with Gasteiger partial charge < -0.3 is 10.8 Å². The number of aliphatic hydroxyl groups is 1. The summed E-state index contributed by atoms with van der Waals surface area (Å²) in [4.78, 5) is 0. The summed E-state index contributed by atoms with van der Waals surface area (Å²) in [5.74, 6) is 0.328. The Kier molecular flexibility index (Phi) is 1.54. The van der Waals surface area contributed by atoms with Gasteiger partial charge in [-0.25, -0.2) is 0 Å². The van der Waals surface area contributed by atoms with Crippen LogP contribution in [-0.2, 0) is 12.8 Å². The van der Waals surface area contributed by atoms with Crippen molar-refractivity contribution in [3.63, 3.8) is 0 Å². The molecule has 12 heavy (non-hydrogen) atoms. The summed E-state index contributed by atoms with van der Waals surface area (Å²) in [7, 11) is 0. The Bertz CT molecular complexity index is 308. The number of allylic oxidation sites excluding steroid dienone is 2. The second kappa shape index (κ2) is 2.55. The molecule has 0 bridgehead atoms. The van der Waals surface area contributed by atoms with Gasteiger partial charge in [0, 0.05) is 12.8 Å². The van der Waals surface area contributed by atoms with Crippen LogP contribution >= 0.6 is 0 Å². The van der Waals surface area contributed by atoms with Gasteiger partial charge in [-0.15, -0.1) is 0 Å². The summed E-state index contributed by atoms with van der Waals surface area (Å²) in [5.41, 5.74) is 8.64. The van der Waals surface area contributed by atoms with Crippen molar-refractivity contribution in [1.29, 1.82) is 0 Å². The standard InChI is InChI=1S/C10H11NO/c11-9-5-7-3-1-2-4-8(7)6-10(9)12/h1-4,12H,5-6,11H2. The summed E-state index contributed by atoms with van der Waals surface area (Å²) in [5, 5.41) is 9.38. The van der Waals surface area contributed by atoms with Crippen molar-refractivity contribution in [2.24, 2.45) is 5.73 Å². The van der Waals surface area contributed by atoms with Crippen molar-refractivity contribution in [3.8, 4) is 0 Å². The lowest BCUT2D eigenvalue weighted by Crippen LogP contribution is -2.14. The summed E-state index contributed by atoms with van der Waals surface area (Å²) in [6, 6.07) is 8.05. The first-order chi connectivity index (χ1) is 5.77. The topological polar surface area (TPSA) is 46.2 Å². The SMILES string of the molecule is NC1=C(O)Cc2ccccc2C1. The number of aliphatic hydroxyl groups excluding tert-OH is 1. The third-order valence-corrected chi connectivity index (χ3v) is 2.23. The van der Waals surface area contributed by atoms with E-state index in [0.29, 0.717) is 24.3 Å². The molecule has 0 aromatic heterocycles. The van der Waals surface area contributed by atoms with E-state index in [0.717, 1.165) is 0 Å². The number of nitrogens with two attached hydrogens (primary N) is 1. The smallest absolute Gasteiger partial charge is 0.116 e. The zero-order chi connectivity index (χ0) is 8.55. The maximum atomic E-state index is 9.38. The second-order valence-corrected chi connectivity index (χ2v) is 3.09. The molecular weight excluding hydrogens is 150 g/mol. The van der Waals surface area contributed by atoms with Crippen LogP contribution in [0.3, 0.4) is 0 Å². The molecule has 62 valence electrons. The number of hydrogen-bond acceptors (Lipinski definition) is 2. The molecule has 0 radical (unpaired) electrons. The van der Waals surface area contributed by atoms with E-state index in [1.165, 1.54) is 11.1 Å². The molecule has 0 saturated carbocycles. The maximum absolute atomic E-state index is 9.38. The molecule has 1 aromatic carbocycles. The highest BCUT2D eigenvalue weighted by molar-refractivity contribution is 5.37. The molecule has 2 nitrogen and oxygen atoms in total. The molecule has 0 aliphatic heterocycles. The maximum Gasteiger partial charge on any atom is 0.116 e. The second-order valence-electron chi connectivity index (χ2n) is 3.09. The van der Waals surface area contributed by atoms with E-state index < -0.39 is 0 Å².